The van der Waals surface area contributed by atoms with Crippen molar-refractivity contribution in [2.24, 2.45) is 5.73 Å². The Morgan fingerprint density at radius 1 is 1.29 bits per heavy atom. The van der Waals surface area contributed by atoms with E-state index in [0.29, 0.717) is 5.69 Å². The van der Waals surface area contributed by atoms with Crippen LogP contribution in [0.2, 0.25) is 0 Å². The summed E-state index contributed by atoms with van der Waals surface area (Å²) in [4.78, 5) is 23.2. The van der Waals surface area contributed by atoms with Gasteiger partial charge >= 0.3 is 0 Å². The summed E-state index contributed by atoms with van der Waals surface area (Å²) in [5, 5.41) is 0. The Labute approximate surface area is 141 Å². The summed E-state index contributed by atoms with van der Waals surface area (Å²) >= 11 is 0. The van der Waals surface area contributed by atoms with Gasteiger partial charge in [0.05, 0.1) is 11.9 Å². The predicted molar refractivity (Wildman–Crippen MR) is 95.1 cm³/mol. The molecule has 2 aromatic rings. The average Bonchev–Trinajstić information content (AvgIpc) is 2.58. The molecule has 0 bridgehead atoms. The number of Topliss-reactive ketones (excluding diaryl/α,β-unsaturated/α-hetero) is 1. The number of nitrogens with zero attached hydrogens (tertiary/aromatic N) is 3. The molecule has 3 rings (SSSR count). The third-order valence-electron chi connectivity index (χ3n) is 4.41. The fourth-order valence-electron chi connectivity index (χ4n) is 3.06. The summed E-state index contributed by atoms with van der Waals surface area (Å²) < 4.78 is 0. The van der Waals surface area contributed by atoms with Crippen molar-refractivity contribution in [1.82, 2.24) is 9.97 Å². The van der Waals surface area contributed by atoms with E-state index in [1.165, 1.54) is 0 Å². The number of hydrogen-bond acceptors (Lipinski definition) is 6. The van der Waals surface area contributed by atoms with Crippen LogP contribution >= 0.6 is 0 Å². The lowest BCUT2D eigenvalue weighted by Gasteiger charge is -2.33. The van der Waals surface area contributed by atoms with Crippen molar-refractivity contribution in [3.05, 3.63) is 47.4 Å². The van der Waals surface area contributed by atoms with Crippen LogP contribution in [0.4, 0.5) is 11.5 Å². The minimum Gasteiger partial charge on any atom is -0.382 e. The average molecular weight is 325 g/mol. The van der Waals surface area contributed by atoms with Gasteiger partial charge in [-0.05, 0) is 31.4 Å². The normalized spacial score (nSPS) is 15.5. The standard InChI is InChI=1S/C18H23N5O/c1-12-11-21-18(20)17(22-12)16(24)10-13-4-2-3-5-15(13)23-8-6-14(19)7-9-23/h2-5,11,14H,6-10,19H2,1H3,(H2,20,21). The number of aryl methyl sites for hydroxylation is 1. The number of anilines is 2. The second-order valence-corrected chi connectivity index (χ2v) is 6.30. The molecule has 126 valence electrons. The molecular weight excluding hydrogens is 302 g/mol. The van der Waals surface area contributed by atoms with Gasteiger partial charge in [-0.25, -0.2) is 9.97 Å². The number of rotatable bonds is 4. The highest BCUT2D eigenvalue weighted by molar-refractivity contribution is 6.00. The molecule has 0 spiro atoms. The van der Waals surface area contributed by atoms with E-state index >= 15 is 0 Å². The minimum absolute atomic E-state index is 0.107. The molecule has 1 aromatic carbocycles. The molecule has 1 fully saturated rings. The largest absolute Gasteiger partial charge is 0.382 e. The molecule has 0 atom stereocenters. The summed E-state index contributed by atoms with van der Waals surface area (Å²) in [6.45, 7) is 3.63. The quantitative estimate of drug-likeness (QED) is 0.831. The molecule has 24 heavy (non-hydrogen) atoms. The molecule has 2 heterocycles. The topological polar surface area (TPSA) is 98.1 Å². The number of hydrogen-bond donors (Lipinski definition) is 2. The molecule has 6 nitrogen and oxygen atoms in total. The molecule has 6 heteroatoms. The Kier molecular flexibility index (Phi) is 4.76. The minimum atomic E-state index is -0.107. The molecule has 1 aliphatic rings. The molecule has 1 saturated heterocycles. The second kappa shape index (κ2) is 6.97. The number of aromatic nitrogens is 2. The van der Waals surface area contributed by atoms with E-state index in [-0.39, 0.29) is 29.8 Å². The zero-order valence-corrected chi connectivity index (χ0v) is 13.9. The van der Waals surface area contributed by atoms with Gasteiger partial charge in [0.25, 0.3) is 0 Å². The zero-order valence-electron chi connectivity index (χ0n) is 13.9. The van der Waals surface area contributed by atoms with Crippen LogP contribution in [0, 0.1) is 6.92 Å². The van der Waals surface area contributed by atoms with Crippen LogP contribution < -0.4 is 16.4 Å². The molecule has 0 radical (unpaired) electrons. The van der Waals surface area contributed by atoms with Gasteiger partial charge < -0.3 is 16.4 Å². The molecule has 1 aliphatic heterocycles. The van der Waals surface area contributed by atoms with Crippen LogP contribution in [0.1, 0.15) is 34.6 Å². The second-order valence-electron chi connectivity index (χ2n) is 6.30. The predicted octanol–water partition coefficient (Wildman–Crippen LogP) is 1.72. The van der Waals surface area contributed by atoms with Crippen molar-refractivity contribution in [2.45, 2.75) is 32.2 Å². The third kappa shape index (κ3) is 3.54. The van der Waals surface area contributed by atoms with Crippen molar-refractivity contribution >= 4 is 17.3 Å². The number of piperidine rings is 1. The van der Waals surface area contributed by atoms with E-state index in [2.05, 4.69) is 20.9 Å². The van der Waals surface area contributed by atoms with Gasteiger partial charge in [-0.2, -0.15) is 0 Å². The van der Waals surface area contributed by atoms with Gasteiger partial charge in [-0.1, -0.05) is 18.2 Å². The van der Waals surface area contributed by atoms with E-state index in [0.717, 1.165) is 37.2 Å². The first-order valence-electron chi connectivity index (χ1n) is 8.25. The van der Waals surface area contributed by atoms with Crippen molar-refractivity contribution in [3.8, 4) is 0 Å². The molecular formula is C18H23N5O. The Hall–Kier alpha value is -2.47. The maximum Gasteiger partial charge on any atom is 0.189 e. The molecule has 0 aliphatic carbocycles. The number of benzene rings is 1. The Balaban J connectivity index is 1.82. The lowest BCUT2D eigenvalue weighted by atomic mass is 10.0. The van der Waals surface area contributed by atoms with Crippen LogP contribution in [0.15, 0.2) is 30.5 Å². The van der Waals surface area contributed by atoms with Crippen LogP contribution in [0.25, 0.3) is 0 Å². The highest BCUT2D eigenvalue weighted by Gasteiger charge is 2.21. The fourth-order valence-corrected chi connectivity index (χ4v) is 3.06. The summed E-state index contributed by atoms with van der Waals surface area (Å²) in [6, 6.07) is 8.27. The molecule has 0 saturated carbocycles. The van der Waals surface area contributed by atoms with E-state index in [4.69, 9.17) is 11.5 Å². The van der Waals surface area contributed by atoms with Crippen molar-refractivity contribution < 1.29 is 4.79 Å². The van der Waals surface area contributed by atoms with Crippen molar-refractivity contribution in [2.75, 3.05) is 23.7 Å². The lowest BCUT2D eigenvalue weighted by Crippen LogP contribution is -2.40. The highest BCUT2D eigenvalue weighted by Crippen LogP contribution is 2.25. The van der Waals surface area contributed by atoms with E-state index < -0.39 is 0 Å². The van der Waals surface area contributed by atoms with Crippen LogP contribution in [-0.2, 0) is 6.42 Å². The summed E-state index contributed by atoms with van der Waals surface area (Å²) in [6.07, 6.45) is 3.77. The Morgan fingerprint density at radius 3 is 2.75 bits per heavy atom. The smallest absolute Gasteiger partial charge is 0.189 e. The lowest BCUT2D eigenvalue weighted by molar-refractivity contribution is 0.0988. The SMILES string of the molecule is Cc1cnc(N)c(C(=O)Cc2ccccc2N2CCC(N)CC2)n1. The maximum absolute atomic E-state index is 12.7. The number of ketones is 1. The third-order valence-corrected chi connectivity index (χ3v) is 4.41. The molecule has 0 amide bonds. The Bertz CT molecular complexity index is 738. The molecule has 4 N–H and O–H groups in total. The first-order chi connectivity index (χ1) is 11.5. The van der Waals surface area contributed by atoms with Gasteiger partial charge in [0, 0.05) is 31.2 Å². The van der Waals surface area contributed by atoms with Gasteiger partial charge in [-0.15, -0.1) is 0 Å². The number of carbonyl (C=O) groups is 1. The van der Waals surface area contributed by atoms with E-state index in [1.807, 2.05) is 18.2 Å². The monoisotopic (exact) mass is 325 g/mol. The number of nitrogens with two attached hydrogens (primary N) is 2. The highest BCUT2D eigenvalue weighted by atomic mass is 16.1. The van der Waals surface area contributed by atoms with Gasteiger partial charge in [-0.3, -0.25) is 4.79 Å². The number of nitrogen functional groups attached to an aromatic ring is 1. The number of para-hydroxylation sites is 1. The molecule has 0 unspecified atom stereocenters. The van der Waals surface area contributed by atoms with Crippen molar-refractivity contribution in [3.63, 3.8) is 0 Å². The number of carbonyl (C=O) groups excluding carboxylic acids is 1. The van der Waals surface area contributed by atoms with E-state index in [9.17, 15) is 4.79 Å². The van der Waals surface area contributed by atoms with E-state index in [1.54, 1.807) is 13.1 Å². The maximum atomic E-state index is 12.7. The summed E-state index contributed by atoms with van der Waals surface area (Å²) in [7, 11) is 0. The van der Waals surface area contributed by atoms with Crippen LogP contribution in [0.3, 0.4) is 0 Å². The van der Waals surface area contributed by atoms with Gasteiger partial charge in [0.2, 0.25) is 0 Å². The van der Waals surface area contributed by atoms with Gasteiger partial charge in [0.1, 0.15) is 5.69 Å². The summed E-state index contributed by atoms with van der Waals surface area (Å²) in [5.41, 5.74) is 14.8. The van der Waals surface area contributed by atoms with Crippen LogP contribution in [-0.4, -0.2) is 34.9 Å². The fraction of sp³-hybridized carbons (Fsp3) is 0.389. The summed E-state index contributed by atoms with van der Waals surface area (Å²) in [5.74, 6) is 0.0805. The van der Waals surface area contributed by atoms with Gasteiger partial charge in [0.15, 0.2) is 11.6 Å². The first kappa shape index (κ1) is 16.4. The molecule has 1 aromatic heterocycles. The first-order valence-corrected chi connectivity index (χ1v) is 8.25. The van der Waals surface area contributed by atoms with Crippen molar-refractivity contribution in [1.29, 1.82) is 0 Å². The Morgan fingerprint density at radius 2 is 2.00 bits per heavy atom. The zero-order chi connectivity index (χ0) is 17.1. The van der Waals surface area contributed by atoms with Crippen LogP contribution in [0.5, 0.6) is 0 Å².